The topological polar surface area (TPSA) is 56.3 Å². The minimum atomic E-state index is -5.26. The molecule has 0 saturated carbocycles. The van der Waals surface area contributed by atoms with Gasteiger partial charge in [-0.1, -0.05) is 43.1 Å². The van der Waals surface area contributed by atoms with E-state index in [1.165, 1.54) is 18.2 Å². The molecule has 32 heavy (non-hydrogen) atoms. The van der Waals surface area contributed by atoms with Gasteiger partial charge < -0.3 is 4.74 Å². The fourth-order valence-electron chi connectivity index (χ4n) is 2.90. The van der Waals surface area contributed by atoms with Crippen LogP contribution in [0.5, 0.6) is 0 Å². The Morgan fingerprint density at radius 1 is 1.12 bits per heavy atom. The van der Waals surface area contributed by atoms with Gasteiger partial charge in [-0.05, 0) is 41.8 Å². The van der Waals surface area contributed by atoms with Crippen LogP contribution in [0.4, 0.5) is 22.0 Å². The third-order valence-corrected chi connectivity index (χ3v) is 6.01. The van der Waals surface area contributed by atoms with Crippen LogP contribution in [-0.2, 0) is 17.3 Å². The van der Waals surface area contributed by atoms with Gasteiger partial charge in [-0.25, -0.2) is 18.6 Å². The number of hydrogen-bond acceptors (Lipinski definition) is 5. The second-order valence-electron chi connectivity index (χ2n) is 6.90. The van der Waals surface area contributed by atoms with E-state index in [0.717, 1.165) is 7.11 Å². The standard InChI is InChI=1S/C20H16Cl2F5NO3S/c1-8(2)7-9-12(18(29)31-3)14(17(23)24)28-16(20(25,26)27)13(9)19(30)32-15-10(21)5-4-6-11(15)22/h4-6,8,17H,7H2,1-3H3. The van der Waals surface area contributed by atoms with Gasteiger partial charge >= 0.3 is 12.1 Å². The van der Waals surface area contributed by atoms with E-state index in [4.69, 9.17) is 23.2 Å². The first-order valence-corrected chi connectivity index (χ1v) is 10.5. The molecule has 0 N–H and O–H groups in total. The third-order valence-electron chi connectivity index (χ3n) is 4.12. The second kappa shape index (κ2) is 10.4. The van der Waals surface area contributed by atoms with E-state index in [2.05, 4.69) is 9.72 Å². The molecular weight excluding hydrogens is 500 g/mol. The van der Waals surface area contributed by atoms with E-state index < -0.39 is 57.7 Å². The van der Waals surface area contributed by atoms with Crippen LogP contribution in [-0.4, -0.2) is 23.2 Å². The molecule has 0 amide bonds. The van der Waals surface area contributed by atoms with Crippen molar-refractivity contribution >= 4 is 46.0 Å². The molecule has 1 aromatic heterocycles. The molecule has 0 saturated heterocycles. The molecule has 2 rings (SSSR count). The van der Waals surface area contributed by atoms with E-state index in [0.29, 0.717) is 0 Å². The lowest BCUT2D eigenvalue weighted by atomic mass is 9.91. The summed E-state index contributed by atoms with van der Waals surface area (Å²) in [6.45, 7) is 3.17. The number of carbonyl (C=O) groups excluding carboxylic acids is 2. The first kappa shape index (κ1) is 26.3. The monoisotopic (exact) mass is 515 g/mol. The Hall–Kier alpha value is -1.91. The molecule has 1 aromatic carbocycles. The second-order valence-corrected chi connectivity index (χ2v) is 8.70. The van der Waals surface area contributed by atoms with E-state index >= 15 is 0 Å². The molecule has 4 nitrogen and oxygen atoms in total. The largest absolute Gasteiger partial charge is 0.465 e. The fraction of sp³-hybridized carbons (Fsp3) is 0.350. The number of halogens is 7. The van der Waals surface area contributed by atoms with Crippen molar-refractivity contribution < 1.29 is 36.3 Å². The Morgan fingerprint density at radius 2 is 1.69 bits per heavy atom. The molecule has 0 unspecified atom stereocenters. The summed E-state index contributed by atoms with van der Waals surface area (Å²) in [6, 6.07) is 4.22. The molecule has 0 fully saturated rings. The summed E-state index contributed by atoms with van der Waals surface area (Å²) in [5, 5.41) is -1.21. The van der Waals surface area contributed by atoms with Crippen LogP contribution < -0.4 is 0 Å². The number of hydrogen-bond donors (Lipinski definition) is 0. The van der Waals surface area contributed by atoms with E-state index in [1.807, 2.05) is 0 Å². The van der Waals surface area contributed by atoms with Gasteiger partial charge in [0.25, 0.3) is 6.43 Å². The Balaban J connectivity index is 2.91. The number of benzene rings is 1. The van der Waals surface area contributed by atoms with Crippen LogP contribution in [0.2, 0.25) is 10.0 Å². The number of ether oxygens (including phenoxy) is 1. The van der Waals surface area contributed by atoms with Crippen molar-refractivity contribution in [3.05, 3.63) is 56.3 Å². The molecular formula is C20H16Cl2F5NO3S. The van der Waals surface area contributed by atoms with Crippen molar-refractivity contribution in [2.45, 2.75) is 37.8 Å². The first-order chi connectivity index (χ1) is 14.8. The Bertz CT molecular complexity index is 1020. The normalized spacial score (nSPS) is 11.9. The average Bonchev–Trinajstić information content (AvgIpc) is 2.68. The van der Waals surface area contributed by atoms with Crippen molar-refractivity contribution in [2.75, 3.05) is 7.11 Å². The van der Waals surface area contributed by atoms with Gasteiger partial charge in [-0.15, -0.1) is 0 Å². The third kappa shape index (κ3) is 5.71. The van der Waals surface area contributed by atoms with Gasteiger partial charge in [0, 0.05) is 0 Å². The summed E-state index contributed by atoms with van der Waals surface area (Å²) in [7, 11) is 0.883. The maximum Gasteiger partial charge on any atom is 0.434 e. The number of pyridine rings is 1. The average molecular weight is 516 g/mol. The number of thioether (sulfide) groups is 1. The Morgan fingerprint density at radius 3 is 2.12 bits per heavy atom. The summed E-state index contributed by atoms with van der Waals surface area (Å²) in [5.41, 5.74) is -5.63. The van der Waals surface area contributed by atoms with Crippen LogP contribution in [0.15, 0.2) is 23.1 Å². The molecule has 0 bridgehead atoms. The molecule has 12 heteroatoms. The van der Waals surface area contributed by atoms with Crippen molar-refractivity contribution in [3.8, 4) is 0 Å². The summed E-state index contributed by atoms with van der Waals surface area (Å²) < 4.78 is 73.3. The summed E-state index contributed by atoms with van der Waals surface area (Å²) >= 11 is 12.3. The highest BCUT2D eigenvalue weighted by atomic mass is 35.5. The van der Waals surface area contributed by atoms with Crippen LogP contribution in [0.3, 0.4) is 0 Å². The van der Waals surface area contributed by atoms with Gasteiger partial charge in [0.05, 0.1) is 33.2 Å². The lowest BCUT2D eigenvalue weighted by Crippen LogP contribution is -2.24. The molecule has 0 aliphatic heterocycles. The molecule has 0 spiro atoms. The quantitative estimate of drug-likeness (QED) is 0.230. The summed E-state index contributed by atoms with van der Waals surface area (Å²) in [4.78, 5) is 28.4. The summed E-state index contributed by atoms with van der Waals surface area (Å²) in [5.74, 6) is -1.74. The summed E-state index contributed by atoms with van der Waals surface area (Å²) in [6.07, 6.45) is -9.08. The zero-order chi connectivity index (χ0) is 24.4. The number of carbonyl (C=O) groups is 2. The maximum atomic E-state index is 13.8. The van der Waals surface area contributed by atoms with Gasteiger partial charge in [-0.2, -0.15) is 13.2 Å². The van der Waals surface area contributed by atoms with Crippen LogP contribution >= 0.6 is 35.0 Å². The van der Waals surface area contributed by atoms with Crippen LogP contribution in [0.1, 0.15) is 57.9 Å². The number of nitrogens with zero attached hydrogens (tertiary/aromatic N) is 1. The van der Waals surface area contributed by atoms with Crippen molar-refractivity contribution in [2.24, 2.45) is 5.92 Å². The minimum absolute atomic E-state index is 0.000157. The number of esters is 1. The molecule has 0 radical (unpaired) electrons. The molecule has 0 aliphatic carbocycles. The van der Waals surface area contributed by atoms with Gasteiger partial charge in [-0.3, -0.25) is 4.79 Å². The highest BCUT2D eigenvalue weighted by molar-refractivity contribution is 8.14. The van der Waals surface area contributed by atoms with E-state index in [1.54, 1.807) is 13.8 Å². The number of alkyl halides is 5. The Labute approximate surface area is 194 Å². The minimum Gasteiger partial charge on any atom is -0.465 e. The predicted octanol–water partition coefficient (Wildman–Crippen LogP) is 7.26. The first-order valence-electron chi connectivity index (χ1n) is 8.96. The molecule has 174 valence electrons. The molecule has 0 aliphatic rings. The van der Waals surface area contributed by atoms with E-state index in [-0.39, 0.29) is 33.1 Å². The molecule has 1 heterocycles. The smallest absolute Gasteiger partial charge is 0.434 e. The lowest BCUT2D eigenvalue weighted by Gasteiger charge is -2.21. The highest BCUT2D eigenvalue weighted by Crippen LogP contribution is 2.42. The zero-order valence-corrected chi connectivity index (χ0v) is 19.1. The number of rotatable bonds is 6. The lowest BCUT2D eigenvalue weighted by molar-refractivity contribution is -0.141. The van der Waals surface area contributed by atoms with Gasteiger partial charge in [0.2, 0.25) is 5.12 Å². The maximum absolute atomic E-state index is 13.8. The Kier molecular flexibility index (Phi) is 8.52. The number of methoxy groups -OCH3 is 1. The SMILES string of the molecule is COC(=O)c1c(C(F)F)nc(C(F)(F)F)c(C(=O)Sc2c(Cl)cccc2Cl)c1CC(C)C. The van der Waals surface area contributed by atoms with E-state index in [9.17, 15) is 31.5 Å². The fourth-order valence-corrected chi connectivity index (χ4v) is 4.37. The molecule has 0 atom stereocenters. The molecule has 2 aromatic rings. The van der Waals surface area contributed by atoms with Crippen molar-refractivity contribution in [1.29, 1.82) is 0 Å². The van der Waals surface area contributed by atoms with Crippen molar-refractivity contribution in [3.63, 3.8) is 0 Å². The van der Waals surface area contributed by atoms with Crippen molar-refractivity contribution in [1.82, 2.24) is 4.98 Å². The zero-order valence-electron chi connectivity index (χ0n) is 16.8. The highest BCUT2D eigenvalue weighted by Gasteiger charge is 2.43. The predicted molar refractivity (Wildman–Crippen MR) is 111 cm³/mol. The van der Waals surface area contributed by atoms with Crippen LogP contribution in [0, 0.1) is 5.92 Å². The number of aromatic nitrogens is 1. The van der Waals surface area contributed by atoms with Gasteiger partial charge in [0.15, 0.2) is 5.69 Å². The van der Waals surface area contributed by atoms with Gasteiger partial charge in [0.1, 0.15) is 5.69 Å². The van der Waals surface area contributed by atoms with Crippen LogP contribution in [0.25, 0.3) is 0 Å².